The second-order valence-corrected chi connectivity index (χ2v) is 7.03. The number of rotatable bonds is 6. The van der Waals surface area contributed by atoms with Crippen molar-refractivity contribution in [2.45, 2.75) is 0 Å². The molecule has 4 rings (SSSR count). The van der Waals surface area contributed by atoms with Gasteiger partial charge < -0.3 is 32.3 Å². The molecular formula is C26H24CuN4O4+2. The maximum atomic E-state index is 11.1. The van der Waals surface area contributed by atoms with Crippen LogP contribution >= 0.6 is 0 Å². The van der Waals surface area contributed by atoms with Crippen LogP contribution in [0.15, 0.2) is 97.1 Å². The van der Waals surface area contributed by atoms with Crippen molar-refractivity contribution in [2.75, 3.05) is 11.5 Å². The number of carbonyl (C=O) groups is 2. The first-order valence-corrected chi connectivity index (χ1v) is 10.2. The third kappa shape index (κ3) is 7.26. The summed E-state index contributed by atoms with van der Waals surface area (Å²) in [6.07, 6.45) is 0. The van der Waals surface area contributed by atoms with Gasteiger partial charge in [-0.15, -0.1) is 22.7 Å². The van der Waals surface area contributed by atoms with Gasteiger partial charge in [0.2, 0.25) is 0 Å². The summed E-state index contributed by atoms with van der Waals surface area (Å²) in [4.78, 5) is 22.2. The second kappa shape index (κ2) is 12.7. The van der Waals surface area contributed by atoms with Crippen LogP contribution in [0.5, 0.6) is 0 Å². The second-order valence-electron chi connectivity index (χ2n) is 7.03. The Morgan fingerprint density at radius 2 is 0.800 bits per heavy atom. The molecule has 0 unspecified atom stereocenters. The molecule has 0 atom stereocenters. The number of nitrogens with two attached hydrogens (primary N) is 2. The minimum absolute atomic E-state index is 0. The minimum Gasteiger partial charge on any atom is -0.655 e. The van der Waals surface area contributed by atoms with Gasteiger partial charge in [-0.3, -0.25) is 0 Å². The zero-order valence-electron chi connectivity index (χ0n) is 18.4. The van der Waals surface area contributed by atoms with E-state index < -0.39 is 11.9 Å². The number of hydrogen-bond donors (Lipinski definition) is 2. The van der Waals surface area contributed by atoms with E-state index in [1.54, 1.807) is 72.8 Å². The molecule has 4 aromatic carbocycles. The summed E-state index contributed by atoms with van der Waals surface area (Å²) in [6.45, 7) is 0. The first-order chi connectivity index (χ1) is 16.4. The Balaban J connectivity index is 0.000000240. The molecule has 9 heteroatoms. The van der Waals surface area contributed by atoms with E-state index >= 15 is 0 Å². The standard InChI is InChI=1S/2C13H11N2O2.Cu/c2*14-10-6-2-4-8-12(10)15-11-7-3-1-5-9(11)13(16)17;/h2*1-8H,14H2,(H,16,17);/q2*-1;+2/p+2. The van der Waals surface area contributed by atoms with E-state index in [9.17, 15) is 9.59 Å². The normalized spacial score (nSPS) is 9.60. The van der Waals surface area contributed by atoms with Crippen LogP contribution in [0.4, 0.5) is 34.1 Å². The molecule has 0 amide bonds. The molecule has 8 nitrogen and oxygen atoms in total. The summed E-state index contributed by atoms with van der Waals surface area (Å²) >= 11 is 0. The van der Waals surface area contributed by atoms with E-state index in [0.29, 0.717) is 34.1 Å². The number of para-hydroxylation sites is 6. The molecule has 0 fully saturated rings. The Morgan fingerprint density at radius 3 is 1.11 bits per heavy atom. The van der Waals surface area contributed by atoms with Crippen LogP contribution in [-0.4, -0.2) is 22.2 Å². The first kappa shape index (κ1) is 26.8. The molecule has 35 heavy (non-hydrogen) atoms. The number of carbonyl (C=O) groups excluding carboxylic acids is 2. The molecule has 0 heterocycles. The molecule has 0 saturated carbocycles. The van der Waals surface area contributed by atoms with Gasteiger partial charge in [-0.1, -0.05) is 72.8 Å². The van der Waals surface area contributed by atoms with Crippen molar-refractivity contribution in [3.05, 3.63) is 119 Å². The van der Waals surface area contributed by atoms with Crippen molar-refractivity contribution in [1.29, 1.82) is 0 Å². The van der Waals surface area contributed by atoms with Crippen LogP contribution in [0, 0.1) is 0 Å². The van der Waals surface area contributed by atoms with E-state index in [-0.39, 0.29) is 28.2 Å². The van der Waals surface area contributed by atoms with E-state index in [2.05, 4.69) is 10.6 Å². The van der Waals surface area contributed by atoms with E-state index in [4.69, 9.17) is 21.7 Å². The summed E-state index contributed by atoms with van der Waals surface area (Å²) in [7, 11) is 0. The first-order valence-electron chi connectivity index (χ1n) is 10.2. The molecule has 0 aliphatic rings. The van der Waals surface area contributed by atoms with Gasteiger partial charge >= 0.3 is 29.0 Å². The molecular weight excluding hydrogens is 496 g/mol. The predicted octanol–water partition coefficient (Wildman–Crippen LogP) is 4.94. The largest absolute Gasteiger partial charge is 2.00 e. The average Bonchev–Trinajstić information content (AvgIpc) is 2.83. The maximum Gasteiger partial charge on any atom is 2.00 e. The zero-order chi connectivity index (χ0) is 24.5. The molecule has 1 radical (unpaired) electrons. The Kier molecular flexibility index (Phi) is 9.71. The summed E-state index contributed by atoms with van der Waals surface area (Å²) in [5, 5.41) is 22.9. The van der Waals surface area contributed by atoms with E-state index in [1.807, 2.05) is 24.3 Å². The average molecular weight is 520 g/mol. The van der Waals surface area contributed by atoms with Crippen LogP contribution in [0.1, 0.15) is 20.7 Å². The maximum absolute atomic E-state index is 11.1. The summed E-state index contributed by atoms with van der Waals surface area (Å²) in [6, 6.07) is 27.8. The number of hydrogen-bond acceptors (Lipinski definition) is 4. The van der Waals surface area contributed by atoms with Gasteiger partial charge in [0.05, 0.1) is 0 Å². The minimum atomic E-state index is -0.751. The van der Waals surface area contributed by atoms with Gasteiger partial charge in [-0.25, -0.2) is 0 Å². The molecule has 0 aliphatic heterocycles. The number of nitrogens with zero attached hydrogens (tertiary/aromatic N) is 2. The van der Waals surface area contributed by atoms with E-state index in [1.165, 1.54) is 0 Å². The zero-order valence-corrected chi connectivity index (χ0v) is 19.3. The predicted molar refractivity (Wildman–Crippen MR) is 136 cm³/mol. The van der Waals surface area contributed by atoms with Crippen molar-refractivity contribution in [1.82, 2.24) is 0 Å². The Labute approximate surface area is 213 Å². The molecule has 0 bridgehead atoms. The van der Waals surface area contributed by atoms with Crippen molar-refractivity contribution >= 4 is 46.1 Å². The van der Waals surface area contributed by atoms with Crippen LogP contribution in [0.25, 0.3) is 10.6 Å². The number of anilines is 2. The van der Waals surface area contributed by atoms with Crippen LogP contribution in [0.3, 0.4) is 0 Å². The Hall–Kier alpha value is -4.46. The molecule has 181 valence electrons. The van der Waals surface area contributed by atoms with Gasteiger partial charge in [0.1, 0.15) is 11.1 Å². The SMILES string of the molecule is Nc1ccccc1[N-]c1ccccc1C(=O)[OH2+].Nc1ccccc1[N-]c1ccccc1C(=O)[OH2+].[Cu+2]. The van der Waals surface area contributed by atoms with Gasteiger partial charge in [0, 0.05) is 21.0 Å². The third-order valence-corrected chi connectivity index (χ3v) is 4.65. The fraction of sp³-hybridized carbons (Fsp3) is 0. The quantitative estimate of drug-likeness (QED) is 0.210. The Bertz CT molecular complexity index is 1210. The summed E-state index contributed by atoms with van der Waals surface area (Å²) < 4.78 is 0. The van der Waals surface area contributed by atoms with Gasteiger partial charge in [0.15, 0.2) is 0 Å². The van der Waals surface area contributed by atoms with Crippen LogP contribution in [0.2, 0.25) is 0 Å². The van der Waals surface area contributed by atoms with Crippen molar-refractivity contribution in [2.24, 2.45) is 0 Å². The fourth-order valence-electron chi connectivity index (χ4n) is 2.96. The van der Waals surface area contributed by atoms with Crippen molar-refractivity contribution in [3.63, 3.8) is 0 Å². The van der Waals surface area contributed by atoms with Gasteiger partial charge in [-0.2, -0.15) is 0 Å². The molecule has 0 aliphatic carbocycles. The fourth-order valence-corrected chi connectivity index (χ4v) is 2.96. The van der Waals surface area contributed by atoms with Crippen molar-refractivity contribution < 1.29 is 36.9 Å². The number of nitrogen functional groups attached to an aromatic ring is 2. The molecule has 0 aromatic heterocycles. The molecule has 8 N–H and O–H groups in total. The Morgan fingerprint density at radius 1 is 0.514 bits per heavy atom. The number of benzene rings is 4. The van der Waals surface area contributed by atoms with E-state index in [0.717, 1.165) is 0 Å². The molecule has 4 aromatic rings. The third-order valence-electron chi connectivity index (χ3n) is 4.65. The van der Waals surface area contributed by atoms with Gasteiger partial charge in [-0.05, 0) is 24.3 Å². The van der Waals surface area contributed by atoms with Crippen LogP contribution in [-0.2, 0) is 17.1 Å². The van der Waals surface area contributed by atoms with Crippen molar-refractivity contribution in [3.8, 4) is 0 Å². The monoisotopic (exact) mass is 519 g/mol. The smallest absolute Gasteiger partial charge is 0.655 e. The molecule has 0 saturated heterocycles. The summed E-state index contributed by atoms with van der Waals surface area (Å²) in [5.41, 5.74) is 15.3. The topological polar surface area (TPSA) is 160 Å². The summed E-state index contributed by atoms with van der Waals surface area (Å²) in [5.74, 6) is -1.50. The molecule has 0 spiro atoms. The van der Waals surface area contributed by atoms with Crippen LogP contribution < -0.4 is 11.5 Å². The van der Waals surface area contributed by atoms with Gasteiger partial charge in [0.25, 0.3) is 0 Å².